The van der Waals surface area contributed by atoms with Gasteiger partial charge in [-0.2, -0.15) is 0 Å². The Hall–Kier alpha value is -0.610. The molecule has 1 amide bonds. The molecule has 0 atom stereocenters. The lowest BCUT2D eigenvalue weighted by molar-refractivity contribution is -0.130. The van der Waals surface area contributed by atoms with Gasteiger partial charge in [-0.25, -0.2) is 5.32 Å². The molecule has 1 aliphatic heterocycles. The number of nitrogens with one attached hydrogen (secondary N) is 1. The van der Waals surface area contributed by atoms with E-state index in [4.69, 9.17) is 0 Å². The van der Waals surface area contributed by atoms with E-state index in [1.54, 1.807) is 0 Å². The van der Waals surface area contributed by atoms with Crippen LogP contribution in [-0.4, -0.2) is 49.6 Å². The van der Waals surface area contributed by atoms with Gasteiger partial charge in [0.2, 0.25) is 5.91 Å². The van der Waals surface area contributed by atoms with E-state index in [1.807, 2.05) is 18.7 Å². The Balaban J connectivity index is 2.11. The largest absolute Gasteiger partial charge is 0.343 e. The van der Waals surface area contributed by atoms with Gasteiger partial charge < -0.3 is 10.2 Å². The minimum atomic E-state index is 0.262. The fourth-order valence-corrected chi connectivity index (χ4v) is 2.07. The highest BCUT2D eigenvalue weighted by atomic mass is 16.2. The first kappa shape index (κ1) is 13.5. The molecule has 4 nitrogen and oxygen atoms in total. The number of piperidine rings is 1. The average molecular weight is 226 g/mol. The third-order valence-electron chi connectivity index (χ3n) is 3.16. The Morgan fingerprint density at radius 2 is 1.94 bits per heavy atom. The van der Waals surface area contributed by atoms with E-state index in [2.05, 4.69) is 10.6 Å². The second-order valence-electron chi connectivity index (χ2n) is 4.22. The number of hydrogen-bond donors (Lipinski definition) is 1. The lowest BCUT2D eigenvalue weighted by Gasteiger charge is -2.23. The molecule has 1 fully saturated rings. The minimum absolute atomic E-state index is 0.262. The average Bonchev–Trinajstić information content (AvgIpc) is 2.32. The van der Waals surface area contributed by atoms with Crippen LogP contribution >= 0.6 is 0 Å². The Morgan fingerprint density at radius 1 is 1.31 bits per heavy atom. The van der Waals surface area contributed by atoms with Gasteiger partial charge in [0.1, 0.15) is 0 Å². The summed E-state index contributed by atoms with van der Waals surface area (Å²) < 4.78 is 0. The van der Waals surface area contributed by atoms with Gasteiger partial charge in [0, 0.05) is 45.2 Å². The highest BCUT2D eigenvalue weighted by Gasteiger charge is 2.14. The fraction of sp³-hybridized carbons (Fsp3) is 0.917. The van der Waals surface area contributed by atoms with Crippen molar-refractivity contribution in [1.82, 2.24) is 15.5 Å². The zero-order valence-corrected chi connectivity index (χ0v) is 10.5. The van der Waals surface area contributed by atoms with Crippen LogP contribution in [0.1, 0.15) is 33.1 Å². The van der Waals surface area contributed by atoms with Gasteiger partial charge in [-0.1, -0.05) is 0 Å². The molecule has 1 heterocycles. The van der Waals surface area contributed by atoms with Crippen molar-refractivity contribution in [3.8, 4) is 0 Å². The van der Waals surface area contributed by atoms with Crippen LogP contribution < -0.4 is 10.6 Å². The van der Waals surface area contributed by atoms with Gasteiger partial charge >= 0.3 is 0 Å². The number of rotatable bonds is 6. The third-order valence-corrected chi connectivity index (χ3v) is 3.16. The zero-order chi connectivity index (χ0) is 11.8. The Labute approximate surface area is 98.8 Å². The Kier molecular flexibility index (Phi) is 6.42. The standard InChI is InChI=1S/C12H24N3O/c1-3-15(4-2)12(16)7-10-14-11-5-8-13-9-6-11/h11,14H,3-10H2,1-2H3. The van der Waals surface area contributed by atoms with Crippen LogP contribution in [-0.2, 0) is 4.79 Å². The van der Waals surface area contributed by atoms with Crippen molar-refractivity contribution in [2.75, 3.05) is 32.7 Å². The maximum absolute atomic E-state index is 11.7. The summed E-state index contributed by atoms with van der Waals surface area (Å²) in [6.45, 7) is 8.44. The van der Waals surface area contributed by atoms with Gasteiger partial charge in [-0.3, -0.25) is 4.79 Å². The predicted octanol–water partition coefficient (Wildman–Crippen LogP) is 0.601. The summed E-state index contributed by atoms with van der Waals surface area (Å²) in [7, 11) is 0. The molecule has 1 rings (SSSR count). The summed E-state index contributed by atoms with van der Waals surface area (Å²) in [6.07, 6.45) is 2.87. The van der Waals surface area contributed by atoms with Gasteiger partial charge in [-0.15, -0.1) is 0 Å². The molecule has 0 spiro atoms. The topological polar surface area (TPSA) is 46.4 Å². The maximum Gasteiger partial charge on any atom is 0.223 e. The van der Waals surface area contributed by atoms with Crippen molar-refractivity contribution in [3.05, 3.63) is 0 Å². The summed E-state index contributed by atoms with van der Waals surface area (Å²) in [5.41, 5.74) is 0. The van der Waals surface area contributed by atoms with Gasteiger partial charge in [0.05, 0.1) is 0 Å². The maximum atomic E-state index is 11.7. The highest BCUT2D eigenvalue weighted by molar-refractivity contribution is 5.76. The molecular weight excluding hydrogens is 202 g/mol. The van der Waals surface area contributed by atoms with Crippen LogP contribution in [0.3, 0.4) is 0 Å². The number of amides is 1. The molecule has 1 aliphatic rings. The molecule has 0 aliphatic carbocycles. The first-order valence-electron chi connectivity index (χ1n) is 6.42. The number of carbonyl (C=O) groups excluding carboxylic acids is 1. The molecule has 0 aromatic rings. The second-order valence-corrected chi connectivity index (χ2v) is 4.22. The van der Waals surface area contributed by atoms with Crippen molar-refractivity contribution in [2.45, 2.75) is 39.2 Å². The molecule has 0 aromatic heterocycles. The molecule has 0 bridgehead atoms. The van der Waals surface area contributed by atoms with E-state index >= 15 is 0 Å². The summed E-state index contributed by atoms with van der Waals surface area (Å²) >= 11 is 0. The van der Waals surface area contributed by atoms with Gasteiger partial charge in [0.15, 0.2) is 0 Å². The Bertz CT molecular complexity index is 198. The van der Waals surface area contributed by atoms with E-state index in [1.165, 1.54) is 0 Å². The van der Waals surface area contributed by atoms with Crippen LogP contribution in [0.2, 0.25) is 0 Å². The SMILES string of the molecule is CCN(CC)C(=O)CCNC1CC[N]CC1. The van der Waals surface area contributed by atoms with E-state index in [0.29, 0.717) is 12.5 Å². The van der Waals surface area contributed by atoms with E-state index in [-0.39, 0.29) is 5.91 Å². The number of nitrogens with zero attached hydrogens (tertiary/aromatic N) is 2. The van der Waals surface area contributed by atoms with Gasteiger partial charge in [0.25, 0.3) is 0 Å². The first-order valence-corrected chi connectivity index (χ1v) is 6.42. The molecule has 93 valence electrons. The number of carbonyl (C=O) groups is 1. The molecule has 0 saturated carbocycles. The normalized spacial score (nSPS) is 17.4. The molecule has 1 N–H and O–H groups in total. The van der Waals surface area contributed by atoms with Crippen LogP contribution in [0.15, 0.2) is 0 Å². The first-order chi connectivity index (χ1) is 7.77. The molecule has 1 radical (unpaired) electrons. The lowest BCUT2D eigenvalue weighted by Crippen LogP contribution is -2.40. The smallest absolute Gasteiger partial charge is 0.223 e. The number of hydrogen-bond acceptors (Lipinski definition) is 2. The lowest BCUT2D eigenvalue weighted by atomic mass is 10.1. The van der Waals surface area contributed by atoms with Crippen molar-refractivity contribution in [3.63, 3.8) is 0 Å². The molecule has 1 saturated heterocycles. The monoisotopic (exact) mass is 226 g/mol. The zero-order valence-electron chi connectivity index (χ0n) is 10.5. The van der Waals surface area contributed by atoms with Crippen LogP contribution in [0.4, 0.5) is 0 Å². The predicted molar refractivity (Wildman–Crippen MR) is 65.4 cm³/mol. The van der Waals surface area contributed by atoms with Crippen LogP contribution in [0.25, 0.3) is 0 Å². The van der Waals surface area contributed by atoms with Crippen molar-refractivity contribution in [1.29, 1.82) is 0 Å². The fourth-order valence-electron chi connectivity index (χ4n) is 2.07. The Morgan fingerprint density at radius 3 is 2.50 bits per heavy atom. The van der Waals surface area contributed by atoms with Crippen molar-refractivity contribution >= 4 is 5.91 Å². The summed E-state index contributed by atoms with van der Waals surface area (Å²) in [5.74, 6) is 0.262. The van der Waals surface area contributed by atoms with E-state index < -0.39 is 0 Å². The molecule has 4 heteroatoms. The third kappa shape index (κ3) is 4.49. The van der Waals surface area contributed by atoms with Crippen LogP contribution in [0.5, 0.6) is 0 Å². The minimum Gasteiger partial charge on any atom is -0.343 e. The van der Waals surface area contributed by atoms with E-state index in [0.717, 1.165) is 45.6 Å². The summed E-state index contributed by atoms with van der Waals surface area (Å²) in [6, 6.07) is 0.571. The van der Waals surface area contributed by atoms with Crippen molar-refractivity contribution in [2.24, 2.45) is 0 Å². The van der Waals surface area contributed by atoms with Crippen molar-refractivity contribution < 1.29 is 4.79 Å². The molecular formula is C12H24N3O. The summed E-state index contributed by atoms with van der Waals surface area (Å²) in [5, 5.41) is 7.76. The van der Waals surface area contributed by atoms with Crippen LogP contribution in [0, 0.1) is 0 Å². The van der Waals surface area contributed by atoms with Gasteiger partial charge in [-0.05, 0) is 26.7 Å². The van der Waals surface area contributed by atoms with E-state index in [9.17, 15) is 4.79 Å². The molecule has 0 unspecified atom stereocenters. The molecule has 0 aromatic carbocycles. The molecule has 16 heavy (non-hydrogen) atoms. The second kappa shape index (κ2) is 7.63. The summed E-state index contributed by atoms with van der Waals surface area (Å²) in [4.78, 5) is 13.6. The highest BCUT2D eigenvalue weighted by Crippen LogP contribution is 2.03. The quantitative estimate of drug-likeness (QED) is 0.721.